The summed E-state index contributed by atoms with van der Waals surface area (Å²) in [6.07, 6.45) is 4.61. The molecule has 1 aliphatic carbocycles. The number of nitrogens with one attached hydrogen (secondary N) is 1. The molecular weight excluding hydrogens is 336 g/mol. The normalized spacial score (nSPS) is 22.0. The molecule has 1 fully saturated rings. The Labute approximate surface area is 153 Å². The monoisotopic (exact) mass is 362 g/mol. The molecule has 0 radical (unpaired) electrons. The van der Waals surface area contributed by atoms with E-state index in [4.69, 9.17) is 14.7 Å². The van der Waals surface area contributed by atoms with Gasteiger partial charge < -0.3 is 14.4 Å². The molecule has 3 rings (SSSR count). The van der Waals surface area contributed by atoms with Gasteiger partial charge in [-0.25, -0.2) is 5.48 Å². The van der Waals surface area contributed by atoms with E-state index in [0.717, 1.165) is 37.7 Å². The molecule has 1 atom stereocenters. The Kier molecular flexibility index (Phi) is 5.48. The first-order chi connectivity index (χ1) is 12.5. The maximum atomic E-state index is 13.3. The van der Waals surface area contributed by atoms with E-state index in [-0.39, 0.29) is 11.9 Å². The summed E-state index contributed by atoms with van der Waals surface area (Å²) in [4.78, 5) is 26.8. The number of nitrogens with zero attached hydrogens (tertiary/aromatic N) is 1. The number of fused-ring (bicyclic) bond motifs is 1. The predicted octanol–water partition coefficient (Wildman–Crippen LogP) is 2.26. The third kappa shape index (κ3) is 3.41. The SMILES string of the molecule is COC1(C(=O)N2Cc3ccc(C(=O)NO)cc3OC[C@@H]2C)CCCCC1. The van der Waals surface area contributed by atoms with Crippen LogP contribution in [0, 0.1) is 0 Å². The van der Waals surface area contributed by atoms with Gasteiger partial charge in [-0.1, -0.05) is 25.3 Å². The molecule has 1 heterocycles. The average Bonchev–Trinajstić information content (AvgIpc) is 2.85. The lowest BCUT2D eigenvalue weighted by Crippen LogP contribution is -2.54. The standard InChI is InChI=1S/C19H26N2O5/c1-13-12-26-16-10-14(17(22)20-24)6-7-15(16)11-21(13)18(23)19(25-2)8-4-3-5-9-19/h6-7,10,13,24H,3-5,8-9,11-12H2,1-2H3,(H,20,22)/t13-/m0/s1. The zero-order valence-electron chi connectivity index (χ0n) is 15.3. The number of rotatable bonds is 3. The highest BCUT2D eigenvalue weighted by Crippen LogP contribution is 2.35. The number of hydrogen-bond acceptors (Lipinski definition) is 5. The van der Waals surface area contributed by atoms with Gasteiger partial charge in [-0.3, -0.25) is 14.8 Å². The van der Waals surface area contributed by atoms with Crippen LogP contribution in [-0.2, 0) is 16.1 Å². The molecule has 1 aromatic rings. The molecule has 0 unspecified atom stereocenters. The van der Waals surface area contributed by atoms with Gasteiger partial charge in [0.25, 0.3) is 11.8 Å². The van der Waals surface area contributed by atoms with Crippen LogP contribution in [0.15, 0.2) is 18.2 Å². The van der Waals surface area contributed by atoms with Crippen LogP contribution >= 0.6 is 0 Å². The molecule has 2 amide bonds. The molecule has 1 aliphatic heterocycles. The van der Waals surface area contributed by atoms with Gasteiger partial charge in [0.1, 0.15) is 18.0 Å². The number of hydrogen-bond donors (Lipinski definition) is 2. The molecule has 26 heavy (non-hydrogen) atoms. The van der Waals surface area contributed by atoms with E-state index in [2.05, 4.69) is 0 Å². The average molecular weight is 362 g/mol. The summed E-state index contributed by atoms with van der Waals surface area (Å²) in [7, 11) is 1.62. The smallest absolute Gasteiger partial charge is 0.274 e. The lowest BCUT2D eigenvalue weighted by Gasteiger charge is -2.40. The first-order valence-electron chi connectivity index (χ1n) is 9.07. The van der Waals surface area contributed by atoms with Gasteiger partial charge in [0, 0.05) is 24.8 Å². The minimum Gasteiger partial charge on any atom is -0.491 e. The number of hydroxylamine groups is 1. The van der Waals surface area contributed by atoms with E-state index >= 15 is 0 Å². The van der Waals surface area contributed by atoms with Crippen molar-refractivity contribution in [1.29, 1.82) is 0 Å². The van der Waals surface area contributed by atoms with Crippen LogP contribution in [0.4, 0.5) is 0 Å². The molecule has 7 heteroatoms. The second kappa shape index (κ2) is 7.63. The zero-order chi connectivity index (χ0) is 18.7. The Morgan fingerprint density at radius 3 is 2.69 bits per heavy atom. The molecular formula is C19H26N2O5. The van der Waals surface area contributed by atoms with Gasteiger partial charge in [0.15, 0.2) is 0 Å². The summed E-state index contributed by atoms with van der Waals surface area (Å²) in [6.45, 7) is 2.70. The lowest BCUT2D eigenvalue weighted by atomic mass is 9.83. The second-order valence-corrected chi connectivity index (χ2v) is 7.12. The van der Waals surface area contributed by atoms with Crippen molar-refractivity contribution in [1.82, 2.24) is 10.4 Å². The molecule has 0 saturated heterocycles. The fourth-order valence-corrected chi connectivity index (χ4v) is 3.83. The first kappa shape index (κ1) is 18.7. The highest BCUT2D eigenvalue weighted by molar-refractivity contribution is 5.94. The summed E-state index contributed by atoms with van der Waals surface area (Å²) in [5.41, 5.74) is 2.01. The van der Waals surface area contributed by atoms with Gasteiger partial charge in [-0.15, -0.1) is 0 Å². The number of benzene rings is 1. The molecule has 0 spiro atoms. The molecule has 0 bridgehead atoms. The largest absolute Gasteiger partial charge is 0.491 e. The van der Waals surface area contributed by atoms with E-state index < -0.39 is 11.5 Å². The third-order valence-corrected chi connectivity index (χ3v) is 5.49. The van der Waals surface area contributed by atoms with Crippen molar-refractivity contribution < 1.29 is 24.3 Å². The maximum Gasteiger partial charge on any atom is 0.274 e. The highest BCUT2D eigenvalue weighted by Gasteiger charge is 2.44. The predicted molar refractivity (Wildman–Crippen MR) is 94.0 cm³/mol. The topological polar surface area (TPSA) is 88.1 Å². The molecule has 0 aromatic heterocycles. The Hall–Kier alpha value is -2.12. The molecule has 2 N–H and O–H groups in total. The Morgan fingerprint density at radius 1 is 1.31 bits per heavy atom. The van der Waals surface area contributed by atoms with Crippen molar-refractivity contribution in [2.45, 2.75) is 57.2 Å². The molecule has 1 aromatic carbocycles. The van der Waals surface area contributed by atoms with Crippen LogP contribution in [-0.4, -0.2) is 47.3 Å². The summed E-state index contributed by atoms with van der Waals surface area (Å²) in [5, 5.41) is 8.80. The van der Waals surface area contributed by atoms with Crippen LogP contribution in [0.3, 0.4) is 0 Å². The first-order valence-corrected chi connectivity index (χ1v) is 9.07. The number of ether oxygens (including phenoxy) is 2. The van der Waals surface area contributed by atoms with Gasteiger partial charge in [0.2, 0.25) is 0 Å². The van der Waals surface area contributed by atoms with E-state index in [1.165, 1.54) is 0 Å². The Balaban J connectivity index is 1.87. The number of methoxy groups -OCH3 is 1. The van der Waals surface area contributed by atoms with E-state index in [1.54, 1.807) is 30.8 Å². The van der Waals surface area contributed by atoms with Crippen LogP contribution in [0.5, 0.6) is 5.75 Å². The second-order valence-electron chi connectivity index (χ2n) is 7.12. The van der Waals surface area contributed by atoms with Gasteiger partial charge >= 0.3 is 0 Å². The maximum absolute atomic E-state index is 13.3. The lowest BCUT2D eigenvalue weighted by molar-refractivity contribution is -0.162. The van der Waals surface area contributed by atoms with Crippen molar-refractivity contribution in [2.75, 3.05) is 13.7 Å². The van der Waals surface area contributed by atoms with Gasteiger partial charge in [-0.05, 0) is 31.9 Å². The van der Waals surface area contributed by atoms with Crippen molar-refractivity contribution in [3.05, 3.63) is 29.3 Å². The van der Waals surface area contributed by atoms with Gasteiger partial charge in [-0.2, -0.15) is 0 Å². The van der Waals surface area contributed by atoms with E-state index in [0.29, 0.717) is 24.5 Å². The zero-order valence-corrected chi connectivity index (χ0v) is 15.3. The van der Waals surface area contributed by atoms with Crippen LogP contribution in [0.2, 0.25) is 0 Å². The number of amides is 2. The van der Waals surface area contributed by atoms with E-state index in [1.807, 2.05) is 11.8 Å². The van der Waals surface area contributed by atoms with Crippen LogP contribution < -0.4 is 10.2 Å². The molecule has 7 nitrogen and oxygen atoms in total. The molecule has 142 valence electrons. The summed E-state index contributed by atoms with van der Waals surface area (Å²) in [5.74, 6) is -0.0219. The van der Waals surface area contributed by atoms with E-state index in [9.17, 15) is 9.59 Å². The molecule has 1 saturated carbocycles. The summed E-state index contributed by atoms with van der Waals surface area (Å²) >= 11 is 0. The minimum absolute atomic E-state index is 0.0147. The third-order valence-electron chi connectivity index (χ3n) is 5.49. The van der Waals surface area contributed by atoms with Gasteiger partial charge in [0.05, 0.1) is 6.04 Å². The highest BCUT2D eigenvalue weighted by atomic mass is 16.5. The van der Waals surface area contributed by atoms with Crippen LogP contribution in [0.25, 0.3) is 0 Å². The number of carbonyl (C=O) groups is 2. The Morgan fingerprint density at radius 2 is 2.04 bits per heavy atom. The van der Waals surface area contributed by atoms with Crippen LogP contribution in [0.1, 0.15) is 54.9 Å². The number of carbonyl (C=O) groups excluding carboxylic acids is 2. The summed E-state index contributed by atoms with van der Waals surface area (Å²) in [6, 6.07) is 4.85. The van der Waals surface area contributed by atoms with Crippen molar-refractivity contribution in [2.24, 2.45) is 0 Å². The van der Waals surface area contributed by atoms with Crippen molar-refractivity contribution in [3.63, 3.8) is 0 Å². The fourth-order valence-electron chi connectivity index (χ4n) is 3.83. The Bertz CT molecular complexity index is 685. The minimum atomic E-state index is -0.742. The fraction of sp³-hybridized carbons (Fsp3) is 0.579. The summed E-state index contributed by atoms with van der Waals surface area (Å²) < 4.78 is 11.6. The van der Waals surface area contributed by atoms with Crippen molar-refractivity contribution in [3.8, 4) is 5.75 Å². The quantitative estimate of drug-likeness (QED) is 0.636. The van der Waals surface area contributed by atoms with Crippen molar-refractivity contribution >= 4 is 11.8 Å². The molecule has 2 aliphatic rings.